The van der Waals surface area contributed by atoms with Crippen molar-refractivity contribution in [1.29, 1.82) is 0 Å². The van der Waals surface area contributed by atoms with Crippen molar-refractivity contribution in [1.82, 2.24) is 0 Å². The maximum absolute atomic E-state index is 12.8. The Bertz CT molecular complexity index is 817. The van der Waals surface area contributed by atoms with Gasteiger partial charge in [-0.15, -0.1) is 0 Å². The highest BCUT2D eigenvalue weighted by Gasteiger charge is 2.35. The summed E-state index contributed by atoms with van der Waals surface area (Å²) in [6, 6.07) is 16.0. The largest absolute Gasteiger partial charge is 0.326 e. The van der Waals surface area contributed by atoms with Crippen molar-refractivity contribution < 1.29 is 13.2 Å². The molecule has 0 aliphatic carbocycles. The van der Waals surface area contributed by atoms with Crippen LogP contribution in [0.1, 0.15) is 12.0 Å². The van der Waals surface area contributed by atoms with Crippen molar-refractivity contribution in [3.63, 3.8) is 0 Å². The van der Waals surface area contributed by atoms with Crippen molar-refractivity contribution in [2.45, 2.75) is 19.4 Å². The molecule has 0 radical (unpaired) electrons. The maximum atomic E-state index is 12.8. The van der Waals surface area contributed by atoms with E-state index in [1.807, 2.05) is 49.4 Å². The summed E-state index contributed by atoms with van der Waals surface area (Å²) in [6.45, 7) is 1.97. The molecule has 2 aromatic carbocycles. The molecule has 1 N–H and O–H groups in total. The van der Waals surface area contributed by atoms with Crippen molar-refractivity contribution in [3.8, 4) is 0 Å². The number of nitrogens with one attached hydrogen (secondary N) is 1. The molecule has 5 nitrogen and oxygen atoms in total. The lowest BCUT2D eigenvalue weighted by Crippen LogP contribution is -2.44. The smallest absolute Gasteiger partial charge is 0.308 e. The third-order valence-electron chi connectivity index (χ3n) is 4.13. The summed E-state index contributed by atoms with van der Waals surface area (Å²) in [5.74, 6) is 0.127. The molecule has 0 saturated carbocycles. The normalized spacial score (nSPS) is 19.0. The molecular weight excluding hydrogens is 324 g/mol. The van der Waals surface area contributed by atoms with E-state index in [0.717, 1.165) is 5.56 Å². The summed E-state index contributed by atoms with van der Waals surface area (Å²) < 4.78 is 23.7. The highest BCUT2D eigenvalue weighted by atomic mass is 32.2. The van der Waals surface area contributed by atoms with Gasteiger partial charge in [0.2, 0.25) is 0 Å². The minimum absolute atomic E-state index is 0.00306. The van der Waals surface area contributed by atoms with Crippen LogP contribution >= 0.6 is 0 Å². The molecule has 1 aliphatic heterocycles. The van der Waals surface area contributed by atoms with Crippen molar-refractivity contribution >= 4 is 27.2 Å². The molecule has 1 fully saturated rings. The van der Waals surface area contributed by atoms with E-state index >= 15 is 0 Å². The first-order valence-corrected chi connectivity index (χ1v) is 9.69. The summed E-state index contributed by atoms with van der Waals surface area (Å²) in [5.41, 5.74) is 2.47. The van der Waals surface area contributed by atoms with Crippen LogP contribution in [0.25, 0.3) is 0 Å². The van der Waals surface area contributed by atoms with Gasteiger partial charge in [-0.05, 0) is 37.6 Å². The fourth-order valence-electron chi connectivity index (χ4n) is 2.88. The second-order valence-corrected chi connectivity index (χ2v) is 8.29. The Hall–Kier alpha value is -2.34. The van der Waals surface area contributed by atoms with E-state index < -0.39 is 9.84 Å². The molecule has 6 heteroatoms. The standard InChI is InChI=1S/C18H20N2O3S/c1-14-7-9-16(10-8-14)20(17-11-12-24(22,23)13-17)18(21)19-15-5-3-2-4-6-15/h2-10,17H,11-13H2,1H3,(H,19,21). The SMILES string of the molecule is Cc1ccc(N(C(=O)Nc2ccccc2)C2CCS(=O)(=O)C2)cc1. The number of amides is 2. The number of benzene rings is 2. The summed E-state index contributed by atoms with van der Waals surface area (Å²) in [6.07, 6.45) is 0.457. The summed E-state index contributed by atoms with van der Waals surface area (Å²) in [7, 11) is -3.08. The Balaban J connectivity index is 1.89. The van der Waals surface area contributed by atoms with E-state index in [1.54, 1.807) is 17.0 Å². The number of hydrogen-bond acceptors (Lipinski definition) is 3. The number of anilines is 2. The third-order valence-corrected chi connectivity index (χ3v) is 5.88. The number of nitrogens with zero attached hydrogens (tertiary/aromatic N) is 1. The molecule has 1 aliphatic rings. The molecular formula is C18H20N2O3S. The number of carbonyl (C=O) groups excluding carboxylic acids is 1. The molecule has 2 amide bonds. The number of aryl methyl sites for hydroxylation is 1. The number of urea groups is 1. The molecule has 0 aromatic heterocycles. The predicted octanol–water partition coefficient (Wildman–Crippen LogP) is 3.22. The van der Waals surface area contributed by atoms with Gasteiger partial charge < -0.3 is 5.32 Å². The Kier molecular flexibility index (Phi) is 4.57. The van der Waals surface area contributed by atoms with Gasteiger partial charge in [0.15, 0.2) is 9.84 Å². The maximum Gasteiger partial charge on any atom is 0.326 e. The summed E-state index contributed by atoms with van der Waals surface area (Å²) in [4.78, 5) is 14.4. The molecule has 1 atom stereocenters. The fraction of sp³-hybridized carbons (Fsp3) is 0.278. The zero-order valence-electron chi connectivity index (χ0n) is 13.5. The van der Waals surface area contributed by atoms with Crippen molar-refractivity contribution in [3.05, 3.63) is 60.2 Å². The van der Waals surface area contributed by atoms with Gasteiger partial charge in [-0.2, -0.15) is 0 Å². The predicted molar refractivity (Wildman–Crippen MR) is 96.2 cm³/mol. The minimum atomic E-state index is -3.08. The molecule has 3 rings (SSSR count). The molecule has 126 valence electrons. The van der Waals surface area contributed by atoms with Gasteiger partial charge in [0.05, 0.1) is 17.5 Å². The third kappa shape index (κ3) is 3.76. The molecule has 1 saturated heterocycles. The lowest BCUT2D eigenvalue weighted by atomic mass is 10.1. The average molecular weight is 344 g/mol. The van der Waals surface area contributed by atoms with E-state index in [4.69, 9.17) is 0 Å². The van der Waals surface area contributed by atoms with Crippen molar-refractivity contribution in [2.24, 2.45) is 0 Å². The van der Waals surface area contributed by atoms with E-state index in [9.17, 15) is 13.2 Å². The molecule has 0 spiro atoms. The molecule has 24 heavy (non-hydrogen) atoms. The number of para-hydroxylation sites is 1. The van der Waals surface area contributed by atoms with Gasteiger partial charge in [0.1, 0.15) is 0 Å². The lowest BCUT2D eigenvalue weighted by Gasteiger charge is -2.28. The van der Waals surface area contributed by atoms with E-state index in [-0.39, 0.29) is 23.6 Å². The van der Waals surface area contributed by atoms with Crippen LogP contribution in [0.2, 0.25) is 0 Å². The first kappa shape index (κ1) is 16.5. The number of carbonyl (C=O) groups is 1. The van der Waals surface area contributed by atoms with Crippen LogP contribution in [0.4, 0.5) is 16.2 Å². The highest BCUT2D eigenvalue weighted by Crippen LogP contribution is 2.26. The Morgan fingerprint density at radius 3 is 2.33 bits per heavy atom. The monoisotopic (exact) mass is 344 g/mol. The second-order valence-electron chi connectivity index (χ2n) is 6.06. The Labute approximate surface area is 142 Å². The van der Waals surface area contributed by atoms with Gasteiger partial charge in [-0.25, -0.2) is 13.2 Å². The van der Waals surface area contributed by atoms with Crippen LogP contribution in [-0.2, 0) is 9.84 Å². The van der Waals surface area contributed by atoms with Crippen LogP contribution in [0, 0.1) is 6.92 Å². The quantitative estimate of drug-likeness (QED) is 0.930. The lowest BCUT2D eigenvalue weighted by molar-refractivity contribution is 0.255. The van der Waals surface area contributed by atoms with Crippen LogP contribution in [0.5, 0.6) is 0 Å². The highest BCUT2D eigenvalue weighted by molar-refractivity contribution is 7.91. The first-order chi connectivity index (χ1) is 11.4. The molecule has 2 aromatic rings. The zero-order valence-corrected chi connectivity index (χ0v) is 14.3. The minimum Gasteiger partial charge on any atom is -0.308 e. The topological polar surface area (TPSA) is 66.5 Å². The van der Waals surface area contributed by atoms with E-state index in [0.29, 0.717) is 17.8 Å². The molecule has 0 bridgehead atoms. The first-order valence-electron chi connectivity index (χ1n) is 7.87. The van der Waals surface area contributed by atoms with Crippen LogP contribution in [0.3, 0.4) is 0 Å². The Morgan fingerprint density at radius 1 is 1.08 bits per heavy atom. The molecule has 1 unspecified atom stereocenters. The van der Waals surface area contributed by atoms with Crippen LogP contribution < -0.4 is 10.2 Å². The van der Waals surface area contributed by atoms with Gasteiger partial charge >= 0.3 is 6.03 Å². The second kappa shape index (κ2) is 6.65. The van der Waals surface area contributed by atoms with Gasteiger partial charge in [0, 0.05) is 11.4 Å². The average Bonchev–Trinajstić information content (AvgIpc) is 2.90. The van der Waals surface area contributed by atoms with Gasteiger partial charge in [-0.3, -0.25) is 4.90 Å². The molecule has 1 heterocycles. The Morgan fingerprint density at radius 2 is 1.75 bits per heavy atom. The van der Waals surface area contributed by atoms with Crippen LogP contribution in [-0.4, -0.2) is 32.0 Å². The number of hydrogen-bond donors (Lipinski definition) is 1. The summed E-state index contributed by atoms with van der Waals surface area (Å²) in [5, 5.41) is 2.85. The van der Waals surface area contributed by atoms with E-state index in [1.165, 1.54) is 0 Å². The summed E-state index contributed by atoms with van der Waals surface area (Å²) >= 11 is 0. The van der Waals surface area contributed by atoms with Gasteiger partial charge in [0.25, 0.3) is 0 Å². The number of sulfone groups is 1. The van der Waals surface area contributed by atoms with Crippen molar-refractivity contribution in [2.75, 3.05) is 21.7 Å². The number of rotatable bonds is 3. The van der Waals surface area contributed by atoms with Crippen LogP contribution in [0.15, 0.2) is 54.6 Å². The fourth-order valence-corrected chi connectivity index (χ4v) is 4.58. The zero-order chi connectivity index (χ0) is 17.2. The van der Waals surface area contributed by atoms with Gasteiger partial charge in [-0.1, -0.05) is 35.9 Å². The van der Waals surface area contributed by atoms with E-state index in [2.05, 4.69) is 5.32 Å².